The third-order valence-electron chi connectivity index (χ3n) is 6.62. The molecule has 9 heteroatoms. The first-order valence-corrected chi connectivity index (χ1v) is 14.4. The highest BCUT2D eigenvalue weighted by atomic mass is 32.2. The zero-order valence-corrected chi connectivity index (χ0v) is 20.8. The van der Waals surface area contributed by atoms with Crippen LogP contribution < -0.4 is 10.7 Å². The lowest BCUT2D eigenvalue weighted by Gasteiger charge is -2.20. The van der Waals surface area contributed by atoms with Gasteiger partial charge in [0.15, 0.2) is 0 Å². The average molecular weight is 492 g/mol. The van der Waals surface area contributed by atoms with Gasteiger partial charge in [-0.2, -0.15) is 16.1 Å². The van der Waals surface area contributed by atoms with E-state index in [1.165, 1.54) is 48.7 Å². The van der Waals surface area contributed by atoms with Gasteiger partial charge in [-0.05, 0) is 56.1 Å². The summed E-state index contributed by atoms with van der Waals surface area (Å²) in [6.07, 6.45) is 10.7. The fourth-order valence-electron chi connectivity index (χ4n) is 4.72. The van der Waals surface area contributed by atoms with Crippen molar-refractivity contribution < 1.29 is 13.2 Å². The van der Waals surface area contributed by atoms with Gasteiger partial charge in [-0.15, -0.1) is 0 Å². The van der Waals surface area contributed by atoms with Crippen LogP contribution in [0.25, 0.3) is 10.9 Å². The lowest BCUT2D eigenvalue weighted by molar-refractivity contribution is 0.0952. The first-order valence-electron chi connectivity index (χ1n) is 11.9. The topological polar surface area (TPSA) is 88.5 Å². The van der Waals surface area contributed by atoms with Crippen LogP contribution in [0.1, 0.15) is 61.7 Å². The Morgan fingerprint density at radius 1 is 1.12 bits per heavy atom. The van der Waals surface area contributed by atoms with Crippen molar-refractivity contribution in [3.8, 4) is 0 Å². The number of fused-ring (bicyclic) bond motifs is 1. The van der Waals surface area contributed by atoms with Crippen molar-refractivity contribution >= 4 is 38.6 Å². The van der Waals surface area contributed by atoms with Crippen LogP contribution in [0.15, 0.2) is 34.1 Å². The van der Waals surface area contributed by atoms with E-state index in [1.807, 2.05) is 11.8 Å². The van der Waals surface area contributed by atoms with E-state index in [0.29, 0.717) is 25.2 Å². The molecule has 0 bridgehead atoms. The molecule has 1 amide bonds. The molecule has 2 fully saturated rings. The van der Waals surface area contributed by atoms with Gasteiger partial charge in [-0.25, -0.2) is 8.42 Å². The van der Waals surface area contributed by atoms with Gasteiger partial charge < -0.3 is 9.88 Å². The van der Waals surface area contributed by atoms with Crippen LogP contribution in [-0.4, -0.2) is 53.8 Å². The lowest BCUT2D eigenvalue weighted by Crippen LogP contribution is -2.31. The van der Waals surface area contributed by atoms with Crippen LogP contribution in [0.3, 0.4) is 0 Å². The minimum absolute atomic E-state index is 0.0423. The Hall–Kier alpha value is -1.84. The van der Waals surface area contributed by atoms with Gasteiger partial charge in [0, 0.05) is 43.5 Å². The van der Waals surface area contributed by atoms with Crippen LogP contribution in [0, 0.1) is 0 Å². The largest absolute Gasteiger partial charge is 0.352 e. The fourth-order valence-corrected chi connectivity index (χ4v) is 7.58. The van der Waals surface area contributed by atoms with Crippen molar-refractivity contribution in [3.63, 3.8) is 0 Å². The summed E-state index contributed by atoms with van der Waals surface area (Å²) in [5.41, 5.74) is 0.206. The van der Waals surface area contributed by atoms with E-state index < -0.39 is 21.4 Å². The third-order valence-corrected chi connectivity index (χ3v) is 9.98. The Bertz CT molecular complexity index is 1160. The number of rotatable bonds is 8. The first kappa shape index (κ1) is 24.3. The Labute approximate surface area is 200 Å². The number of thioether (sulfide) groups is 1. The second-order valence-electron chi connectivity index (χ2n) is 9.01. The minimum atomic E-state index is -3.64. The molecule has 2 heterocycles. The Morgan fingerprint density at radius 2 is 1.85 bits per heavy atom. The number of carbonyl (C=O) groups excluding carboxylic acids is 1. The molecule has 0 spiro atoms. The predicted molar refractivity (Wildman–Crippen MR) is 133 cm³/mol. The maximum Gasteiger partial charge on any atom is 0.256 e. The van der Waals surface area contributed by atoms with Crippen molar-refractivity contribution in [2.75, 3.05) is 25.4 Å². The van der Waals surface area contributed by atoms with Gasteiger partial charge in [0.2, 0.25) is 15.5 Å². The van der Waals surface area contributed by atoms with Crippen LogP contribution in [0.5, 0.6) is 0 Å². The number of aryl methyl sites for hydroxylation is 1. The molecule has 0 atom stereocenters. The molecule has 1 aliphatic heterocycles. The number of hydrogen-bond acceptors (Lipinski definition) is 5. The second-order valence-corrected chi connectivity index (χ2v) is 12.4. The summed E-state index contributed by atoms with van der Waals surface area (Å²) in [6.45, 7) is 1.52. The Kier molecular flexibility index (Phi) is 7.81. The molecule has 4 rings (SSSR count). The maximum absolute atomic E-state index is 13.1. The highest BCUT2D eigenvalue weighted by Crippen LogP contribution is 2.28. The van der Waals surface area contributed by atoms with E-state index in [1.54, 1.807) is 23.7 Å². The molecule has 1 aliphatic carbocycles. The molecule has 2 aromatic rings. The van der Waals surface area contributed by atoms with Crippen molar-refractivity contribution in [3.05, 3.63) is 40.2 Å². The van der Waals surface area contributed by atoms with Crippen LogP contribution in [-0.2, 0) is 17.1 Å². The molecule has 1 aromatic carbocycles. The fraction of sp³-hybridized carbons (Fsp3) is 0.583. The number of carbonyl (C=O) groups is 1. The van der Waals surface area contributed by atoms with Gasteiger partial charge in [0.05, 0.1) is 10.4 Å². The van der Waals surface area contributed by atoms with Gasteiger partial charge in [0.25, 0.3) is 5.91 Å². The zero-order valence-electron chi connectivity index (χ0n) is 19.2. The van der Waals surface area contributed by atoms with E-state index in [-0.39, 0.29) is 15.8 Å². The molecule has 0 unspecified atom stereocenters. The van der Waals surface area contributed by atoms with Gasteiger partial charge >= 0.3 is 0 Å². The monoisotopic (exact) mass is 491 g/mol. The van der Waals surface area contributed by atoms with E-state index in [0.717, 1.165) is 30.3 Å². The molecule has 7 nitrogen and oxygen atoms in total. The second kappa shape index (κ2) is 10.6. The zero-order chi connectivity index (χ0) is 23.4. The number of hydrogen-bond donors (Lipinski definition) is 1. The van der Waals surface area contributed by atoms with E-state index in [2.05, 4.69) is 5.32 Å². The summed E-state index contributed by atoms with van der Waals surface area (Å²) in [5, 5.41) is 3.86. The minimum Gasteiger partial charge on any atom is -0.352 e. The van der Waals surface area contributed by atoms with Crippen molar-refractivity contribution in [2.45, 2.75) is 61.5 Å². The number of aromatic nitrogens is 1. The number of benzene rings is 1. The molecular formula is C24H33N3O4S2. The third kappa shape index (κ3) is 5.46. The summed E-state index contributed by atoms with van der Waals surface area (Å²) < 4.78 is 29.1. The van der Waals surface area contributed by atoms with E-state index >= 15 is 0 Å². The molecule has 0 radical (unpaired) electrons. The molecule has 1 N–H and O–H groups in total. The number of amides is 1. The highest BCUT2D eigenvalue weighted by molar-refractivity contribution is 7.99. The average Bonchev–Trinajstić information content (AvgIpc) is 3.37. The van der Waals surface area contributed by atoms with E-state index in [9.17, 15) is 18.0 Å². The number of nitrogens with zero attached hydrogens (tertiary/aromatic N) is 2. The van der Waals surface area contributed by atoms with Crippen molar-refractivity contribution in [2.24, 2.45) is 7.05 Å². The molecule has 1 aromatic heterocycles. The first-order chi connectivity index (χ1) is 15.9. The maximum atomic E-state index is 13.1. The van der Waals surface area contributed by atoms with Crippen LogP contribution >= 0.6 is 11.8 Å². The predicted octanol–water partition coefficient (Wildman–Crippen LogP) is 3.51. The lowest BCUT2D eigenvalue weighted by atomic mass is 10.0. The quantitative estimate of drug-likeness (QED) is 0.571. The van der Waals surface area contributed by atoms with Crippen LogP contribution in [0.4, 0.5) is 0 Å². The number of pyridine rings is 1. The highest BCUT2D eigenvalue weighted by Gasteiger charge is 2.28. The van der Waals surface area contributed by atoms with Crippen molar-refractivity contribution in [1.82, 2.24) is 14.2 Å². The van der Waals surface area contributed by atoms with Crippen LogP contribution in [0.2, 0.25) is 0 Å². The summed E-state index contributed by atoms with van der Waals surface area (Å²) in [5.74, 6) is 0.589. The van der Waals surface area contributed by atoms with Gasteiger partial charge in [0.1, 0.15) is 5.56 Å². The Balaban J connectivity index is 1.46. The molecule has 2 aliphatic rings. The van der Waals surface area contributed by atoms with E-state index in [4.69, 9.17) is 0 Å². The van der Waals surface area contributed by atoms with Crippen molar-refractivity contribution in [1.29, 1.82) is 0 Å². The Morgan fingerprint density at radius 3 is 2.58 bits per heavy atom. The molecular weight excluding hydrogens is 458 g/mol. The van der Waals surface area contributed by atoms with Gasteiger partial charge in [-0.3, -0.25) is 9.59 Å². The molecule has 1 saturated carbocycles. The SMILES string of the molecule is Cn1cc(C(=O)NCCCSC2CCCCC2)c(=O)c2cc(S(=O)(=O)N3CCCC3)ccc21. The number of sulfonamides is 1. The molecule has 180 valence electrons. The summed E-state index contributed by atoms with van der Waals surface area (Å²) >= 11 is 1.99. The molecule has 33 heavy (non-hydrogen) atoms. The van der Waals surface area contributed by atoms with Gasteiger partial charge in [-0.1, -0.05) is 19.3 Å². The summed E-state index contributed by atoms with van der Waals surface area (Å²) in [6, 6.07) is 4.60. The molecule has 1 saturated heterocycles. The smallest absolute Gasteiger partial charge is 0.256 e. The standard InChI is InChI=1S/C24H33N3O4S2/c1-26-17-21(24(29)25-12-7-15-32-18-8-3-2-4-9-18)23(28)20-16-19(10-11-22(20)26)33(30,31)27-13-5-6-14-27/h10-11,16-18H,2-9,12-15H2,1H3,(H,25,29). The summed E-state index contributed by atoms with van der Waals surface area (Å²) in [7, 11) is -1.88. The normalized spacial score (nSPS) is 18.1. The number of nitrogens with one attached hydrogen (secondary N) is 1. The summed E-state index contributed by atoms with van der Waals surface area (Å²) in [4.78, 5) is 26.0.